The molecular formula is C17H19N5O. The van der Waals surface area contributed by atoms with Gasteiger partial charge in [-0.05, 0) is 37.6 Å². The summed E-state index contributed by atoms with van der Waals surface area (Å²) in [6, 6.07) is 10.1. The minimum atomic E-state index is -0.0842. The van der Waals surface area contributed by atoms with Crippen LogP contribution in [0.5, 0.6) is 0 Å². The first-order valence-electron chi connectivity index (χ1n) is 7.41. The van der Waals surface area contributed by atoms with Gasteiger partial charge in [-0.25, -0.2) is 9.67 Å². The number of aromatic amines is 1. The van der Waals surface area contributed by atoms with Crippen LogP contribution in [0, 0.1) is 13.8 Å². The van der Waals surface area contributed by atoms with Crippen LogP contribution in [-0.2, 0) is 6.54 Å². The number of carbonyl (C=O) groups is 1. The fraction of sp³-hybridized carbons (Fsp3) is 0.235. The summed E-state index contributed by atoms with van der Waals surface area (Å²) in [6.45, 7) is 4.52. The van der Waals surface area contributed by atoms with Crippen LogP contribution in [0.15, 0.2) is 42.9 Å². The minimum Gasteiger partial charge on any atom is -0.341 e. The van der Waals surface area contributed by atoms with Crippen molar-refractivity contribution < 1.29 is 4.79 Å². The number of hydrogen-bond donors (Lipinski definition) is 1. The molecule has 3 aromatic rings. The Morgan fingerprint density at radius 2 is 2.13 bits per heavy atom. The van der Waals surface area contributed by atoms with Crippen LogP contribution in [0.3, 0.4) is 0 Å². The molecule has 118 valence electrons. The Morgan fingerprint density at radius 1 is 1.30 bits per heavy atom. The largest absolute Gasteiger partial charge is 0.341 e. The summed E-state index contributed by atoms with van der Waals surface area (Å²) in [6.07, 6.45) is 3.04. The van der Waals surface area contributed by atoms with Crippen LogP contribution < -0.4 is 0 Å². The van der Waals surface area contributed by atoms with Crippen LogP contribution in [0.1, 0.15) is 27.4 Å². The van der Waals surface area contributed by atoms with Gasteiger partial charge in [-0.3, -0.25) is 4.79 Å². The second-order valence-corrected chi connectivity index (χ2v) is 5.64. The highest BCUT2D eigenvalue weighted by Gasteiger charge is 2.13. The summed E-state index contributed by atoms with van der Waals surface area (Å²) in [4.78, 5) is 20.6. The zero-order chi connectivity index (χ0) is 16.4. The van der Waals surface area contributed by atoms with Crippen LogP contribution >= 0.6 is 0 Å². The second-order valence-electron chi connectivity index (χ2n) is 5.64. The van der Waals surface area contributed by atoms with Gasteiger partial charge in [-0.2, -0.15) is 5.10 Å². The quantitative estimate of drug-likeness (QED) is 0.805. The summed E-state index contributed by atoms with van der Waals surface area (Å²) < 4.78 is 1.91. The van der Waals surface area contributed by atoms with E-state index in [1.165, 1.54) is 12.5 Å². The summed E-state index contributed by atoms with van der Waals surface area (Å²) >= 11 is 0. The Labute approximate surface area is 134 Å². The molecule has 2 heterocycles. The van der Waals surface area contributed by atoms with Gasteiger partial charge in [-0.1, -0.05) is 12.1 Å². The standard InChI is InChI=1S/C17H19N5O/c1-12-7-13(2)22(20-12)15-6-4-5-14(8-15)10-21(3)17(23)16-9-18-11-19-16/h4-9,11H,10H2,1-3H3,(H,18,19). The molecule has 3 rings (SSSR count). The number of aryl methyl sites for hydroxylation is 2. The summed E-state index contributed by atoms with van der Waals surface area (Å²) in [5.41, 5.74) is 4.60. The molecule has 0 atom stereocenters. The number of nitrogens with one attached hydrogen (secondary N) is 1. The molecule has 0 aliphatic carbocycles. The first kappa shape index (κ1) is 15.0. The molecule has 0 unspecified atom stereocenters. The van der Waals surface area contributed by atoms with Crippen molar-refractivity contribution >= 4 is 5.91 Å². The summed E-state index contributed by atoms with van der Waals surface area (Å²) in [5, 5.41) is 4.50. The fourth-order valence-corrected chi connectivity index (χ4v) is 2.60. The van der Waals surface area contributed by atoms with Crippen molar-refractivity contribution in [3.8, 4) is 5.69 Å². The van der Waals surface area contributed by atoms with E-state index in [2.05, 4.69) is 21.1 Å². The minimum absolute atomic E-state index is 0.0842. The number of amides is 1. The Kier molecular flexibility index (Phi) is 3.97. The zero-order valence-corrected chi connectivity index (χ0v) is 13.4. The number of aromatic nitrogens is 4. The highest BCUT2D eigenvalue weighted by molar-refractivity contribution is 5.91. The number of rotatable bonds is 4. The van der Waals surface area contributed by atoms with Crippen molar-refractivity contribution in [1.29, 1.82) is 0 Å². The van der Waals surface area contributed by atoms with Gasteiger partial charge >= 0.3 is 0 Å². The molecule has 0 spiro atoms. The normalized spacial score (nSPS) is 10.7. The third-order valence-electron chi connectivity index (χ3n) is 3.66. The Balaban J connectivity index is 1.80. The van der Waals surface area contributed by atoms with E-state index < -0.39 is 0 Å². The average Bonchev–Trinajstić information content (AvgIpc) is 3.16. The third kappa shape index (κ3) is 3.15. The highest BCUT2D eigenvalue weighted by Crippen LogP contribution is 2.15. The van der Waals surface area contributed by atoms with E-state index in [1.54, 1.807) is 11.9 Å². The van der Waals surface area contributed by atoms with Gasteiger partial charge in [0.15, 0.2) is 0 Å². The van der Waals surface area contributed by atoms with Crippen LogP contribution in [0.25, 0.3) is 5.69 Å². The van der Waals surface area contributed by atoms with Crippen molar-refractivity contribution in [3.05, 3.63) is 65.5 Å². The molecule has 0 saturated carbocycles. The molecule has 1 aromatic carbocycles. The smallest absolute Gasteiger partial charge is 0.271 e. The number of benzene rings is 1. The van der Waals surface area contributed by atoms with E-state index in [0.29, 0.717) is 12.2 Å². The lowest BCUT2D eigenvalue weighted by atomic mass is 10.2. The summed E-state index contributed by atoms with van der Waals surface area (Å²) in [7, 11) is 1.78. The van der Waals surface area contributed by atoms with Crippen molar-refractivity contribution in [3.63, 3.8) is 0 Å². The monoisotopic (exact) mass is 309 g/mol. The number of imidazole rings is 1. The van der Waals surface area contributed by atoms with Gasteiger partial charge in [0.05, 0.1) is 23.9 Å². The van der Waals surface area contributed by atoms with E-state index in [0.717, 1.165) is 22.6 Å². The lowest BCUT2D eigenvalue weighted by Gasteiger charge is -2.17. The lowest BCUT2D eigenvalue weighted by Crippen LogP contribution is -2.26. The van der Waals surface area contributed by atoms with Gasteiger partial charge in [0.1, 0.15) is 5.69 Å². The molecule has 1 N–H and O–H groups in total. The first-order valence-corrected chi connectivity index (χ1v) is 7.41. The van der Waals surface area contributed by atoms with E-state index in [4.69, 9.17) is 0 Å². The van der Waals surface area contributed by atoms with Gasteiger partial charge in [0.2, 0.25) is 0 Å². The van der Waals surface area contributed by atoms with Crippen molar-refractivity contribution in [2.45, 2.75) is 20.4 Å². The van der Waals surface area contributed by atoms with Gasteiger partial charge in [0.25, 0.3) is 5.91 Å². The Bertz CT molecular complexity index is 819. The van der Waals surface area contributed by atoms with Gasteiger partial charge in [0, 0.05) is 19.3 Å². The Morgan fingerprint density at radius 3 is 2.78 bits per heavy atom. The molecule has 0 aliphatic rings. The summed E-state index contributed by atoms with van der Waals surface area (Å²) in [5.74, 6) is -0.0842. The fourth-order valence-electron chi connectivity index (χ4n) is 2.60. The molecule has 6 nitrogen and oxygen atoms in total. The third-order valence-corrected chi connectivity index (χ3v) is 3.66. The zero-order valence-electron chi connectivity index (χ0n) is 13.4. The van der Waals surface area contributed by atoms with E-state index >= 15 is 0 Å². The SMILES string of the molecule is Cc1cc(C)n(-c2cccc(CN(C)C(=O)c3cnc[nH]3)c2)n1. The molecule has 2 aromatic heterocycles. The molecule has 1 amide bonds. The predicted molar refractivity (Wildman–Crippen MR) is 87.4 cm³/mol. The van der Waals surface area contributed by atoms with Crippen LogP contribution in [0.4, 0.5) is 0 Å². The molecule has 0 fully saturated rings. The number of H-pyrrole nitrogens is 1. The second kappa shape index (κ2) is 6.08. The van der Waals surface area contributed by atoms with Gasteiger partial charge in [-0.15, -0.1) is 0 Å². The van der Waals surface area contributed by atoms with Crippen LogP contribution in [0.2, 0.25) is 0 Å². The first-order chi connectivity index (χ1) is 11.0. The average molecular weight is 309 g/mol. The molecule has 0 radical (unpaired) electrons. The maximum atomic E-state index is 12.3. The van der Waals surface area contributed by atoms with E-state index in [-0.39, 0.29) is 5.91 Å². The van der Waals surface area contributed by atoms with Gasteiger partial charge < -0.3 is 9.88 Å². The molecule has 0 bridgehead atoms. The highest BCUT2D eigenvalue weighted by atomic mass is 16.2. The van der Waals surface area contributed by atoms with Crippen molar-refractivity contribution in [2.75, 3.05) is 7.05 Å². The molecular weight excluding hydrogens is 290 g/mol. The molecule has 23 heavy (non-hydrogen) atoms. The molecule has 0 saturated heterocycles. The number of carbonyl (C=O) groups excluding carboxylic acids is 1. The predicted octanol–water partition coefficient (Wildman–Crippen LogP) is 2.48. The maximum Gasteiger partial charge on any atom is 0.271 e. The molecule has 6 heteroatoms. The Hall–Kier alpha value is -2.89. The number of hydrogen-bond acceptors (Lipinski definition) is 3. The molecule has 0 aliphatic heterocycles. The topological polar surface area (TPSA) is 66.8 Å². The lowest BCUT2D eigenvalue weighted by molar-refractivity contribution is 0.0780. The van der Waals surface area contributed by atoms with Crippen LogP contribution in [-0.4, -0.2) is 37.6 Å². The van der Waals surface area contributed by atoms with Crippen molar-refractivity contribution in [1.82, 2.24) is 24.6 Å². The van der Waals surface area contributed by atoms with E-state index in [9.17, 15) is 4.79 Å². The maximum absolute atomic E-state index is 12.3. The van der Waals surface area contributed by atoms with Crippen molar-refractivity contribution in [2.24, 2.45) is 0 Å². The van der Waals surface area contributed by atoms with E-state index in [1.807, 2.05) is 42.8 Å². The number of nitrogens with zero attached hydrogens (tertiary/aromatic N) is 4.